The molecule has 2 aliphatic rings. The molecular formula is C13H22O2. The van der Waals surface area contributed by atoms with E-state index in [4.69, 9.17) is 5.11 Å². The Balaban J connectivity index is 2.14. The topological polar surface area (TPSA) is 37.3 Å². The van der Waals surface area contributed by atoms with E-state index in [1.54, 1.807) is 0 Å². The van der Waals surface area contributed by atoms with Gasteiger partial charge in [-0.25, -0.2) is 0 Å². The van der Waals surface area contributed by atoms with Crippen molar-refractivity contribution in [3.05, 3.63) is 0 Å². The van der Waals surface area contributed by atoms with Crippen LogP contribution in [0, 0.1) is 16.7 Å². The van der Waals surface area contributed by atoms with E-state index >= 15 is 0 Å². The maximum absolute atomic E-state index is 11.0. The third-order valence-corrected chi connectivity index (χ3v) is 4.31. The molecule has 0 bridgehead atoms. The van der Waals surface area contributed by atoms with Crippen LogP contribution in [-0.2, 0) is 4.79 Å². The van der Waals surface area contributed by atoms with Crippen LogP contribution in [0.1, 0.15) is 58.8 Å². The zero-order valence-electron chi connectivity index (χ0n) is 9.88. The molecule has 2 heteroatoms. The first kappa shape index (κ1) is 11.0. The monoisotopic (exact) mass is 210 g/mol. The molecule has 0 aliphatic heterocycles. The van der Waals surface area contributed by atoms with Gasteiger partial charge in [-0.15, -0.1) is 0 Å². The van der Waals surface area contributed by atoms with Crippen molar-refractivity contribution >= 4 is 5.97 Å². The number of rotatable bonds is 3. The normalized spacial score (nSPS) is 35.1. The molecule has 0 aromatic rings. The van der Waals surface area contributed by atoms with Crippen LogP contribution >= 0.6 is 0 Å². The molecule has 86 valence electrons. The van der Waals surface area contributed by atoms with Crippen LogP contribution in [0.25, 0.3) is 0 Å². The fraction of sp³-hybridized carbons (Fsp3) is 0.923. The SMILES string of the molecule is CC1(C)CCCC(CC(=O)O)(C2CC2)C1. The predicted molar refractivity (Wildman–Crippen MR) is 59.7 cm³/mol. The quantitative estimate of drug-likeness (QED) is 0.774. The van der Waals surface area contributed by atoms with E-state index < -0.39 is 5.97 Å². The number of carbonyl (C=O) groups is 1. The van der Waals surface area contributed by atoms with E-state index in [1.807, 2.05) is 0 Å². The second-order valence-corrected chi connectivity index (χ2v) is 6.40. The van der Waals surface area contributed by atoms with Gasteiger partial charge in [-0.3, -0.25) is 4.79 Å². The second kappa shape index (κ2) is 3.50. The molecule has 0 aromatic heterocycles. The van der Waals surface area contributed by atoms with E-state index in [9.17, 15) is 4.79 Å². The zero-order chi connectivity index (χ0) is 11.1. The molecule has 15 heavy (non-hydrogen) atoms. The second-order valence-electron chi connectivity index (χ2n) is 6.40. The van der Waals surface area contributed by atoms with Crippen molar-refractivity contribution < 1.29 is 9.90 Å². The molecule has 0 spiro atoms. The summed E-state index contributed by atoms with van der Waals surface area (Å²) in [6.07, 6.45) is 7.69. The summed E-state index contributed by atoms with van der Waals surface area (Å²) in [5, 5.41) is 9.08. The highest BCUT2D eigenvalue weighted by atomic mass is 16.4. The van der Waals surface area contributed by atoms with E-state index in [-0.39, 0.29) is 5.41 Å². The summed E-state index contributed by atoms with van der Waals surface area (Å²) in [7, 11) is 0. The fourth-order valence-electron chi connectivity index (χ4n) is 3.69. The molecule has 1 unspecified atom stereocenters. The maximum atomic E-state index is 11.0. The summed E-state index contributed by atoms with van der Waals surface area (Å²) < 4.78 is 0. The Morgan fingerprint density at radius 3 is 2.47 bits per heavy atom. The minimum absolute atomic E-state index is 0.146. The van der Waals surface area contributed by atoms with Crippen LogP contribution < -0.4 is 0 Å². The molecule has 2 rings (SSSR count). The smallest absolute Gasteiger partial charge is 0.303 e. The third-order valence-electron chi connectivity index (χ3n) is 4.31. The minimum atomic E-state index is -0.598. The summed E-state index contributed by atoms with van der Waals surface area (Å²) >= 11 is 0. The molecule has 0 aromatic carbocycles. The van der Waals surface area contributed by atoms with Crippen LogP contribution in [0.15, 0.2) is 0 Å². The fourth-order valence-corrected chi connectivity index (χ4v) is 3.69. The van der Waals surface area contributed by atoms with Gasteiger partial charge in [0.1, 0.15) is 0 Å². The standard InChI is InChI=1S/C13H22O2/c1-12(2)6-3-7-13(9-12,8-11(14)15)10-4-5-10/h10H,3-9H2,1-2H3,(H,14,15). The largest absolute Gasteiger partial charge is 0.481 e. The molecule has 2 saturated carbocycles. The molecule has 1 atom stereocenters. The van der Waals surface area contributed by atoms with Gasteiger partial charge in [0, 0.05) is 0 Å². The van der Waals surface area contributed by atoms with Crippen molar-refractivity contribution in [2.24, 2.45) is 16.7 Å². The zero-order valence-corrected chi connectivity index (χ0v) is 9.88. The number of hydrogen-bond donors (Lipinski definition) is 1. The van der Waals surface area contributed by atoms with Crippen LogP contribution in [0.2, 0.25) is 0 Å². The van der Waals surface area contributed by atoms with Gasteiger partial charge in [0.05, 0.1) is 6.42 Å². The Morgan fingerprint density at radius 1 is 1.33 bits per heavy atom. The highest BCUT2D eigenvalue weighted by molar-refractivity contribution is 5.68. The van der Waals surface area contributed by atoms with Crippen molar-refractivity contribution in [3.8, 4) is 0 Å². The molecule has 0 saturated heterocycles. The lowest BCUT2D eigenvalue weighted by molar-refractivity contribution is -0.141. The lowest BCUT2D eigenvalue weighted by atomic mass is 9.60. The van der Waals surface area contributed by atoms with Gasteiger partial charge < -0.3 is 5.11 Å². The summed E-state index contributed by atoms with van der Waals surface area (Å²) in [5.41, 5.74) is 0.504. The first-order valence-corrected chi connectivity index (χ1v) is 6.15. The highest BCUT2D eigenvalue weighted by Gasteiger charge is 2.50. The lowest BCUT2D eigenvalue weighted by Gasteiger charge is -2.45. The Hall–Kier alpha value is -0.530. The van der Waals surface area contributed by atoms with Gasteiger partial charge in [0.15, 0.2) is 0 Å². The molecule has 0 radical (unpaired) electrons. The Morgan fingerprint density at radius 2 is 2.00 bits per heavy atom. The molecule has 2 fully saturated rings. The molecule has 1 N–H and O–H groups in total. The van der Waals surface area contributed by atoms with Crippen LogP contribution in [0.5, 0.6) is 0 Å². The first-order valence-electron chi connectivity index (χ1n) is 6.15. The molecular weight excluding hydrogens is 188 g/mol. The molecule has 0 amide bonds. The van der Waals surface area contributed by atoms with Gasteiger partial charge in [-0.1, -0.05) is 20.3 Å². The predicted octanol–water partition coefficient (Wildman–Crippen LogP) is 3.46. The van der Waals surface area contributed by atoms with Crippen molar-refractivity contribution in [1.82, 2.24) is 0 Å². The Labute approximate surface area is 92.1 Å². The van der Waals surface area contributed by atoms with Crippen molar-refractivity contribution in [3.63, 3.8) is 0 Å². The van der Waals surface area contributed by atoms with Gasteiger partial charge >= 0.3 is 5.97 Å². The maximum Gasteiger partial charge on any atom is 0.303 e. The summed E-state index contributed by atoms with van der Waals surface area (Å²) in [5.74, 6) is 0.118. The van der Waals surface area contributed by atoms with Crippen LogP contribution in [0.3, 0.4) is 0 Å². The Kier molecular flexibility index (Phi) is 2.56. The van der Waals surface area contributed by atoms with Crippen LogP contribution in [-0.4, -0.2) is 11.1 Å². The minimum Gasteiger partial charge on any atom is -0.481 e. The highest BCUT2D eigenvalue weighted by Crippen LogP contribution is 2.59. The molecule has 0 heterocycles. The lowest BCUT2D eigenvalue weighted by Crippen LogP contribution is -2.36. The number of carboxylic acid groups (broad SMARTS) is 1. The van der Waals surface area contributed by atoms with Crippen molar-refractivity contribution in [2.45, 2.75) is 58.8 Å². The van der Waals surface area contributed by atoms with E-state index in [1.165, 1.54) is 25.7 Å². The molecule has 2 aliphatic carbocycles. The number of hydrogen-bond acceptors (Lipinski definition) is 1. The summed E-state index contributed by atoms with van der Waals surface area (Å²) in [6, 6.07) is 0. The third kappa shape index (κ3) is 2.35. The summed E-state index contributed by atoms with van der Waals surface area (Å²) in [6.45, 7) is 4.59. The van der Waals surface area contributed by atoms with E-state index in [2.05, 4.69) is 13.8 Å². The van der Waals surface area contributed by atoms with Gasteiger partial charge in [0.25, 0.3) is 0 Å². The van der Waals surface area contributed by atoms with Crippen molar-refractivity contribution in [1.29, 1.82) is 0 Å². The van der Waals surface area contributed by atoms with Crippen molar-refractivity contribution in [2.75, 3.05) is 0 Å². The average molecular weight is 210 g/mol. The van der Waals surface area contributed by atoms with Gasteiger partial charge in [-0.05, 0) is 48.9 Å². The number of aliphatic carboxylic acids is 1. The van der Waals surface area contributed by atoms with Gasteiger partial charge in [-0.2, -0.15) is 0 Å². The molecule has 2 nitrogen and oxygen atoms in total. The first-order chi connectivity index (χ1) is 6.94. The van der Waals surface area contributed by atoms with E-state index in [0.29, 0.717) is 17.8 Å². The Bertz CT molecular complexity index is 266. The summed E-state index contributed by atoms with van der Waals surface area (Å²) in [4.78, 5) is 11.0. The van der Waals surface area contributed by atoms with Gasteiger partial charge in [0.2, 0.25) is 0 Å². The number of carboxylic acids is 1. The van der Waals surface area contributed by atoms with Crippen LogP contribution in [0.4, 0.5) is 0 Å². The average Bonchev–Trinajstić information content (AvgIpc) is 2.81. The van der Waals surface area contributed by atoms with E-state index in [0.717, 1.165) is 12.8 Å².